The first-order chi connectivity index (χ1) is 6.38. The molecule has 2 rings (SSSR count). The maximum Gasteiger partial charge on any atom is -0.0809 e. The van der Waals surface area contributed by atoms with Crippen LogP contribution in [0.4, 0.5) is 0 Å². The van der Waals surface area contributed by atoms with Crippen LogP contribution in [0, 0.1) is 0 Å². The van der Waals surface area contributed by atoms with E-state index in [1.165, 1.54) is 15.6 Å². The summed E-state index contributed by atoms with van der Waals surface area (Å²) in [6.07, 6.45) is 0. The van der Waals surface area contributed by atoms with E-state index in [2.05, 4.69) is 42.5 Å². The molecule has 0 aromatic heterocycles. The average Bonchev–Trinajstić information content (AvgIpc) is 2.66. The van der Waals surface area contributed by atoms with Crippen LogP contribution in [0.3, 0.4) is 0 Å². The molecule has 0 aliphatic heterocycles. The van der Waals surface area contributed by atoms with Gasteiger partial charge in [0.25, 0.3) is 0 Å². The van der Waals surface area contributed by atoms with Crippen molar-refractivity contribution in [2.45, 2.75) is 0 Å². The molecule has 0 radical (unpaired) electrons. The van der Waals surface area contributed by atoms with Crippen LogP contribution in [0.2, 0.25) is 0 Å². The molecule has 0 aliphatic carbocycles. The van der Waals surface area contributed by atoms with Gasteiger partial charge in [-0.3, -0.25) is 0 Å². The first-order valence-corrected chi connectivity index (χ1v) is 5.41. The zero-order chi connectivity index (χ0) is 9.52. The van der Waals surface area contributed by atoms with E-state index in [9.17, 15) is 0 Å². The minimum Gasteiger partial charge on any atom is -0.168 e. The molecule has 2 aromatic carbocycles. The molecule has 13 heavy (non-hydrogen) atoms. The Morgan fingerprint density at radius 1 is 1.31 bits per heavy atom. The SMILES string of the molecule is O=[C]=[Ni][Cl].c1ccc2[cH-]ccc2c1. The van der Waals surface area contributed by atoms with Crippen LogP contribution < -0.4 is 0 Å². The molecule has 3 heteroatoms. The Morgan fingerprint density at radius 3 is 2.62 bits per heavy atom. The molecular weight excluding hydrogens is 230 g/mol. The van der Waals surface area contributed by atoms with E-state index >= 15 is 0 Å². The Morgan fingerprint density at radius 2 is 2.00 bits per heavy atom. The molecule has 0 fully saturated rings. The van der Waals surface area contributed by atoms with E-state index in [1.54, 1.807) is 0 Å². The molecule has 0 unspecified atom stereocenters. The van der Waals surface area contributed by atoms with Gasteiger partial charge in [-0.25, -0.2) is 0 Å². The van der Waals surface area contributed by atoms with E-state index < -0.39 is 0 Å². The molecule has 0 bridgehead atoms. The number of carbonyl (C=O) groups excluding carboxylic acids is 1. The molecule has 0 aliphatic rings. The first-order valence-electron chi connectivity index (χ1n) is 3.55. The molecule has 0 atom stereocenters. The fourth-order valence-corrected chi connectivity index (χ4v) is 1.07. The summed E-state index contributed by atoms with van der Waals surface area (Å²) < 4.78 is 0. The van der Waals surface area contributed by atoms with Gasteiger partial charge in [0.05, 0.1) is 0 Å². The molecule has 0 heterocycles. The molecule has 1 nitrogen and oxygen atoms in total. The maximum atomic E-state index is 8.89. The van der Waals surface area contributed by atoms with Crippen LogP contribution in [0.1, 0.15) is 0 Å². The van der Waals surface area contributed by atoms with Crippen LogP contribution in [-0.4, -0.2) is 4.86 Å². The molecule has 0 N–H and O–H groups in total. The third-order valence-corrected chi connectivity index (χ3v) is 1.85. The van der Waals surface area contributed by atoms with Crippen LogP contribution in [-0.2, 0) is 17.9 Å². The summed E-state index contributed by atoms with van der Waals surface area (Å²) >= 11 is 0.389. The van der Waals surface area contributed by atoms with Gasteiger partial charge >= 0.3 is 33.0 Å². The van der Waals surface area contributed by atoms with Crippen molar-refractivity contribution >= 4 is 25.8 Å². The van der Waals surface area contributed by atoms with Crippen molar-refractivity contribution in [1.82, 2.24) is 0 Å². The molecule has 0 spiro atoms. The predicted octanol–water partition coefficient (Wildman–Crippen LogP) is 2.85. The molecular formula is C10H7ClNiO-. The van der Waals surface area contributed by atoms with Crippen molar-refractivity contribution in [1.29, 1.82) is 0 Å². The van der Waals surface area contributed by atoms with Gasteiger partial charge in [0.1, 0.15) is 0 Å². The molecule has 71 valence electrons. The number of hydrogen-bond acceptors (Lipinski definition) is 1. The largest absolute Gasteiger partial charge is 0.168 e. The van der Waals surface area contributed by atoms with Crippen molar-refractivity contribution in [2.24, 2.45) is 0 Å². The van der Waals surface area contributed by atoms with Crippen molar-refractivity contribution < 1.29 is 17.9 Å². The summed E-state index contributed by atoms with van der Waals surface area (Å²) in [4.78, 5) is 10.3. The van der Waals surface area contributed by atoms with E-state index in [1.807, 2.05) is 0 Å². The van der Waals surface area contributed by atoms with Gasteiger partial charge in [-0.1, -0.05) is 6.07 Å². The Bertz CT molecular complexity index is 385. The van der Waals surface area contributed by atoms with Gasteiger partial charge in [0, 0.05) is 0 Å². The van der Waals surface area contributed by atoms with E-state index in [0.29, 0.717) is 13.1 Å². The van der Waals surface area contributed by atoms with Gasteiger partial charge in [-0.15, -0.1) is 29.7 Å². The minimum absolute atomic E-state index is 0.389. The van der Waals surface area contributed by atoms with Crippen molar-refractivity contribution in [2.75, 3.05) is 0 Å². The second kappa shape index (κ2) is 5.77. The quantitative estimate of drug-likeness (QED) is 0.508. The third-order valence-electron chi connectivity index (χ3n) is 1.57. The van der Waals surface area contributed by atoms with Gasteiger partial charge in [0.15, 0.2) is 0 Å². The number of fused-ring (bicyclic) bond motifs is 1. The second-order valence-electron chi connectivity index (χ2n) is 2.28. The zero-order valence-corrected chi connectivity index (χ0v) is 8.39. The van der Waals surface area contributed by atoms with Crippen LogP contribution >= 0.6 is 10.2 Å². The number of rotatable bonds is 0. The summed E-state index contributed by atoms with van der Waals surface area (Å²) in [7, 11) is 4.70. The normalized spacial score (nSPS) is 9.00. The van der Waals surface area contributed by atoms with Crippen LogP contribution in [0.5, 0.6) is 0 Å². The fraction of sp³-hybridized carbons (Fsp3) is 0. The molecule has 0 saturated heterocycles. The summed E-state index contributed by atoms with van der Waals surface area (Å²) in [5, 5.41) is 2.66. The second-order valence-corrected chi connectivity index (χ2v) is 3.16. The summed E-state index contributed by atoms with van der Waals surface area (Å²) in [6, 6.07) is 14.7. The summed E-state index contributed by atoms with van der Waals surface area (Å²) in [5.74, 6) is 0. The average molecular weight is 237 g/mol. The Kier molecular flexibility index (Phi) is 4.56. The Hall–Kier alpha value is -0.806. The molecule has 0 amide bonds. The molecule has 0 saturated carbocycles. The Balaban J connectivity index is 0.000000184. The van der Waals surface area contributed by atoms with Crippen molar-refractivity contribution in [3.05, 3.63) is 42.5 Å². The monoisotopic (exact) mass is 236 g/mol. The van der Waals surface area contributed by atoms with E-state index in [4.69, 9.17) is 15.0 Å². The van der Waals surface area contributed by atoms with Gasteiger partial charge in [-0.05, 0) is 0 Å². The van der Waals surface area contributed by atoms with Gasteiger partial charge < -0.3 is 0 Å². The standard InChI is InChI=1S/C9H7.CO.ClH.Ni/c1-2-5-9-7-3-6-8(9)4-1;1-2;;/h1-7H;;1H;/q-1;;;+1/p-1. The minimum atomic E-state index is 0.389. The van der Waals surface area contributed by atoms with Crippen molar-refractivity contribution in [3.8, 4) is 0 Å². The van der Waals surface area contributed by atoms with E-state index in [0.717, 1.165) is 0 Å². The third kappa shape index (κ3) is 3.20. The fourth-order valence-electron chi connectivity index (χ4n) is 1.07. The summed E-state index contributed by atoms with van der Waals surface area (Å²) in [5.41, 5.74) is 0. The van der Waals surface area contributed by atoms with Crippen LogP contribution in [0.15, 0.2) is 42.5 Å². The smallest absolute Gasteiger partial charge is 0.0809 e. The maximum absolute atomic E-state index is 8.89. The topological polar surface area (TPSA) is 17.1 Å². The molecule has 2 aromatic rings. The van der Waals surface area contributed by atoms with Gasteiger partial charge in [-0.2, -0.15) is 17.5 Å². The first kappa shape index (κ1) is 10.3. The zero-order valence-electron chi connectivity index (χ0n) is 6.64. The number of benzene rings is 1. The number of hydrogen-bond donors (Lipinski definition) is 0. The van der Waals surface area contributed by atoms with Crippen LogP contribution in [0.25, 0.3) is 10.8 Å². The Labute approximate surface area is 86.3 Å². The number of halogens is 1. The van der Waals surface area contributed by atoms with E-state index in [-0.39, 0.29) is 0 Å². The van der Waals surface area contributed by atoms with Crippen molar-refractivity contribution in [3.63, 3.8) is 0 Å². The predicted molar refractivity (Wildman–Crippen MR) is 51.1 cm³/mol. The summed E-state index contributed by atoms with van der Waals surface area (Å²) in [6.45, 7) is 0. The van der Waals surface area contributed by atoms with Gasteiger partial charge in [0.2, 0.25) is 0 Å².